The second kappa shape index (κ2) is 11.0. The van der Waals surface area contributed by atoms with Gasteiger partial charge in [-0.25, -0.2) is 9.37 Å². The number of hydrogen-bond acceptors (Lipinski definition) is 5. The number of anilines is 1. The molecule has 0 saturated heterocycles. The van der Waals surface area contributed by atoms with Crippen LogP contribution in [0.5, 0.6) is 11.5 Å². The molecular weight excluding hydrogens is 530 g/mol. The third-order valence-corrected chi connectivity index (χ3v) is 7.70. The Balaban J connectivity index is 1.27. The number of nitrogens with zero attached hydrogens (tertiary/aromatic N) is 1. The van der Waals surface area contributed by atoms with Crippen LogP contribution < -0.4 is 14.8 Å². The smallest absolute Gasteiger partial charge is 0.163 e. The Morgan fingerprint density at radius 1 is 0.946 bits per heavy atom. The molecular formula is C29H23Cl2FN2O2S. The van der Waals surface area contributed by atoms with E-state index in [0.29, 0.717) is 28.1 Å². The lowest BCUT2D eigenvalue weighted by molar-refractivity contribution is 0.279. The highest BCUT2D eigenvalue weighted by molar-refractivity contribution is 7.21. The summed E-state index contributed by atoms with van der Waals surface area (Å²) in [5.41, 5.74) is 5.37. The number of hydrogen-bond donors (Lipinski definition) is 1. The molecule has 188 valence electrons. The Hall–Kier alpha value is -3.32. The number of ether oxygens (including phenoxy) is 2. The number of nitrogens with one attached hydrogen (secondary N) is 1. The van der Waals surface area contributed by atoms with E-state index in [2.05, 4.69) is 42.6 Å². The molecule has 0 atom stereocenters. The van der Waals surface area contributed by atoms with Gasteiger partial charge >= 0.3 is 0 Å². The van der Waals surface area contributed by atoms with E-state index in [1.165, 1.54) is 16.3 Å². The van der Waals surface area contributed by atoms with Gasteiger partial charge in [0, 0.05) is 34.4 Å². The fourth-order valence-corrected chi connectivity index (χ4v) is 5.40. The molecule has 0 aliphatic heterocycles. The van der Waals surface area contributed by atoms with Crippen LogP contribution in [0, 0.1) is 12.7 Å². The number of aromatic nitrogens is 1. The van der Waals surface area contributed by atoms with Crippen molar-refractivity contribution in [2.45, 2.75) is 20.1 Å². The molecule has 4 nitrogen and oxygen atoms in total. The van der Waals surface area contributed by atoms with Crippen LogP contribution in [0.1, 0.15) is 16.7 Å². The average molecular weight is 553 g/mol. The normalized spacial score (nSPS) is 11.1. The molecule has 0 aliphatic carbocycles. The lowest BCUT2D eigenvalue weighted by Crippen LogP contribution is -2.04. The van der Waals surface area contributed by atoms with Gasteiger partial charge in [0.15, 0.2) is 11.5 Å². The van der Waals surface area contributed by atoms with Gasteiger partial charge in [-0.1, -0.05) is 35.3 Å². The summed E-state index contributed by atoms with van der Waals surface area (Å²) in [6.07, 6.45) is 0. The number of halogens is 3. The highest BCUT2D eigenvalue weighted by Crippen LogP contribution is 2.35. The van der Waals surface area contributed by atoms with Crippen LogP contribution in [0.25, 0.3) is 20.8 Å². The lowest BCUT2D eigenvalue weighted by Gasteiger charge is -2.15. The summed E-state index contributed by atoms with van der Waals surface area (Å²) in [4.78, 5) is 4.76. The number of thiazole rings is 1. The molecule has 1 aromatic heterocycles. The SMILES string of the molecule is COc1cc(CNc2ccc(-c3nc4ccc(C)cc4s3)cc2)c(Cl)cc1OCc1c(F)cccc1Cl. The van der Waals surface area contributed by atoms with Gasteiger partial charge in [-0.2, -0.15) is 0 Å². The van der Waals surface area contributed by atoms with Gasteiger partial charge in [0.25, 0.3) is 0 Å². The van der Waals surface area contributed by atoms with Gasteiger partial charge in [-0.3, -0.25) is 0 Å². The first-order valence-corrected chi connectivity index (χ1v) is 13.1. The quantitative estimate of drug-likeness (QED) is 0.208. The number of benzene rings is 4. The molecule has 1 heterocycles. The molecule has 1 N–H and O–H groups in total. The minimum absolute atomic E-state index is 0.0452. The Kier molecular flexibility index (Phi) is 7.51. The largest absolute Gasteiger partial charge is 0.493 e. The molecule has 0 saturated carbocycles. The lowest BCUT2D eigenvalue weighted by atomic mass is 10.1. The average Bonchev–Trinajstić information content (AvgIpc) is 3.31. The van der Waals surface area contributed by atoms with E-state index in [9.17, 15) is 4.39 Å². The molecule has 0 unspecified atom stereocenters. The Labute approximate surface area is 228 Å². The van der Waals surface area contributed by atoms with Gasteiger partial charge in [0.2, 0.25) is 0 Å². The molecule has 0 radical (unpaired) electrons. The summed E-state index contributed by atoms with van der Waals surface area (Å²) in [6, 6.07) is 22.5. The van der Waals surface area contributed by atoms with Gasteiger partial charge in [-0.15, -0.1) is 11.3 Å². The van der Waals surface area contributed by atoms with Gasteiger partial charge in [0.1, 0.15) is 17.4 Å². The van der Waals surface area contributed by atoms with E-state index in [1.54, 1.807) is 36.6 Å². The Morgan fingerprint density at radius 3 is 2.51 bits per heavy atom. The fraction of sp³-hybridized carbons (Fsp3) is 0.138. The predicted molar refractivity (Wildman–Crippen MR) is 151 cm³/mol. The van der Waals surface area contributed by atoms with Crippen LogP contribution in [0.2, 0.25) is 10.0 Å². The molecule has 37 heavy (non-hydrogen) atoms. The number of fused-ring (bicyclic) bond motifs is 1. The first-order chi connectivity index (χ1) is 17.9. The highest BCUT2D eigenvalue weighted by Gasteiger charge is 2.14. The summed E-state index contributed by atoms with van der Waals surface area (Å²) in [5.74, 6) is 0.476. The maximum atomic E-state index is 14.1. The molecule has 0 spiro atoms. The summed E-state index contributed by atoms with van der Waals surface area (Å²) in [6.45, 7) is 2.52. The van der Waals surface area contributed by atoms with Crippen LogP contribution in [0.15, 0.2) is 72.8 Å². The molecule has 5 aromatic rings. The maximum Gasteiger partial charge on any atom is 0.163 e. The molecule has 0 aliphatic rings. The maximum absolute atomic E-state index is 14.1. The second-order valence-corrected chi connectivity index (χ2v) is 10.3. The third-order valence-electron chi connectivity index (χ3n) is 5.93. The summed E-state index contributed by atoms with van der Waals surface area (Å²) in [7, 11) is 1.55. The zero-order chi connectivity index (χ0) is 25.9. The first-order valence-electron chi connectivity index (χ1n) is 11.5. The second-order valence-electron chi connectivity index (χ2n) is 8.50. The Bertz CT molecular complexity index is 1550. The predicted octanol–water partition coefficient (Wildman–Crippen LogP) is 8.92. The van der Waals surface area contributed by atoms with Crippen LogP contribution in [-0.2, 0) is 13.2 Å². The van der Waals surface area contributed by atoms with Crippen molar-refractivity contribution in [1.29, 1.82) is 0 Å². The minimum atomic E-state index is -0.428. The summed E-state index contributed by atoms with van der Waals surface area (Å²) < 4.78 is 26.6. The monoisotopic (exact) mass is 552 g/mol. The summed E-state index contributed by atoms with van der Waals surface area (Å²) >= 11 is 14.3. The van der Waals surface area contributed by atoms with E-state index < -0.39 is 5.82 Å². The van der Waals surface area contributed by atoms with Crippen molar-refractivity contribution in [3.05, 3.63) is 105 Å². The minimum Gasteiger partial charge on any atom is -0.493 e. The van der Waals surface area contributed by atoms with E-state index in [0.717, 1.165) is 27.3 Å². The topological polar surface area (TPSA) is 43.4 Å². The zero-order valence-corrected chi connectivity index (χ0v) is 22.5. The first kappa shape index (κ1) is 25.3. The van der Waals surface area contributed by atoms with Crippen molar-refractivity contribution in [2.75, 3.05) is 12.4 Å². The van der Waals surface area contributed by atoms with E-state index >= 15 is 0 Å². The van der Waals surface area contributed by atoms with Crippen molar-refractivity contribution in [3.8, 4) is 22.1 Å². The number of methoxy groups -OCH3 is 1. The van der Waals surface area contributed by atoms with Crippen molar-refractivity contribution in [2.24, 2.45) is 0 Å². The van der Waals surface area contributed by atoms with Gasteiger partial charge in [0.05, 0.1) is 22.3 Å². The molecule has 8 heteroatoms. The van der Waals surface area contributed by atoms with Gasteiger partial charge < -0.3 is 14.8 Å². The van der Waals surface area contributed by atoms with E-state index in [1.807, 2.05) is 18.2 Å². The van der Waals surface area contributed by atoms with Crippen LogP contribution in [0.3, 0.4) is 0 Å². The standard InChI is InChI=1S/C29H23Cl2FN2O2S/c1-17-6-11-25-28(12-17)37-29(34-25)18-7-9-20(10-8-18)33-15-19-13-26(35-2)27(14-23(19)31)36-16-21-22(30)4-3-5-24(21)32/h3-14,33H,15-16H2,1-2H3. The Morgan fingerprint density at radius 2 is 1.76 bits per heavy atom. The van der Waals surface area contributed by atoms with Crippen LogP contribution >= 0.6 is 34.5 Å². The molecule has 5 rings (SSSR count). The summed E-state index contributed by atoms with van der Waals surface area (Å²) in [5, 5.41) is 5.19. The van der Waals surface area contributed by atoms with Crippen LogP contribution in [0.4, 0.5) is 10.1 Å². The fourth-order valence-electron chi connectivity index (χ4n) is 3.89. The van der Waals surface area contributed by atoms with Gasteiger partial charge in [-0.05, 0) is 72.6 Å². The highest BCUT2D eigenvalue weighted by atomic mass is 35.5. The van der Waals surface area contributed by atoms with Crippen molar-refractivity contribution in [1.82, 2.24) is 4.98 Å². The number of aryl methyl sites for hydroxylation is 1. The van der Waals surface area contributed by atoms with E-state index in [-0.39, 0.29) is 12.2 Å². The molecule has 0 fully saturated rings. The van der Waals surface area contributed by atoms with Crippen molar-refractivity contribution in [3.63, 3.8) is 0 Å². The molecule has 4 aromatic carbocycles. The third kappa shape index (κ3) is 5.67. The van der Waals surface area contributed by atoms with E-state index in [4.69, 9.17) is 37.7 Å². The zero-order valence-electron chi connectivity index (χ0n) is 20.1. The van der Waals surface area contributed by atoms with Crippen LogP contribution in [-0.4, -0.2) is 12.1 Å². The molecule has 0 amide bonds. The van der Waals surface area contributed by atoms with Crippen molar-refractivity contribution >= 4 is 50.4 Å². The number of rotatable bonds is 8. The molecule has 0 bridgehead atoms. The van der Waals surface area contributed by atoms with Crippen molar-refractivity contribution < 1.29 is 13.9 Å².